The van der Waals surface area contributed by atoms with Crippen molar-refractivity contribution < 1.29 is 14.4 Å². The minimum atomic E-state index is -0.407. The fourth-order valence-electron chi connectivity index (χ4n) is 2.86. The van der Waals surface area contributed by atoms with Gasteiger partial charge in [-0.3, -0.25) is 10.1 Å². The van der Waals surface area contributed by atoms with Gasteiger partial charge >= 0.3 is 0 Å². The van der Waals surface area contributed by atoms with Crippen LogP contribution in [0.4, 0.5) is 0 Å². The number of nitro groups is 1. The normalized spacial score (nSPS) is 11.8. The second-order valence-electron chi connectivity index (χ2n) is 5.69. The van der Waals surface area contributed by atoms with Gasteiger partial charge in [0.05, 0.1) is 24.7 Å². The number of ether oxygens (including phenoxy) is 2. The highest BCUT2D eigenvalue weighted by Gasteiger charge is 2.23. The zero-order chi connectivity index (χ0) is 18.7. The van der Waals surface area contributed by atoms with E-state index in [0.29, 0.717) is 33.8 Å². The van der Waals surface area contributed by atoms with Gasteiger partial charge in [0, 0.05) is 22.6 Å². The molecule has 0 bridgehead atoms. The van der Waals surface area contributed by atoms with Crippen molar-refractivity contribution in [2.75, 3.05) is 14.2 Å². The largest absolute Gasteiger partial charge is 0.497 e. The van der Waals surface area contributed by atoms with E-state index in [2.05, 4.69) is 4.98 Å². The van der Waals surface area contributed by atoms with Gasteiger partial charge in [-0.25, -0.2) is 4.98 Å². The third-order valence-electron chi connectivity index (χ3n) is 4.19. The number of methoxy groups -OCH3 is 2. The lowest BCUT2D eigenvalue weighted by molar-refractivity contribution is -0.375. The highest BCUT2D eigenvalue weighted by molar-refractivity contribution is 5.89. The van der Waals surface area contributed by atoms with E-state index in [-0.39, 0.29) is 5.70 Å². The van der Waals surface area contributed by atoms with Crippen molar-refractivity contribution in [2.24, 2.45) is 0 Å². The average molecular weight is 350 g/mol. The van der Waals surface area contributed by atoms with E-state index in [9.17, 15) is 10.1 Å². The van der Waals surface area contributed by atoms with Gasteiger partial charge in [-0.1, -0.05) is 24.3 Å². The molecule has 3 rings (SSSR count). The predicted octanol–water partition coefficient (Wildman–Crippen LogP) is 4.42. The molecule has 2 aromatic carbocycles. The maximum Gasteiger partial charge on any atom is 0.298 e. The number of hydrogen-bond acceptors (Lipinski definition) is 5. The molecule has 0 atom stereocenters. The molecule has 0 amide bonds. The molecule has 0 saturated carbocycles. The van der Waals surface area contributed by atoms with Crippen LogP contribution in [0.25, 0.3) is 22.2 Å². The van der Waals surface area contributed by atoms with E-state index in [0.717, 1.165) is 5.39 Å². The Hall–Kier alpha value is -3.41. The van der Waals surface area contributed by atoms with Gasteiger partial charge in [-0.05, 0) is 31.2 Å². The fraction of sp³-hybridized carbons (Fsp3) is 0.150. The molecule has 6 heteroatoms. The van der Waals surface area contributed by atoms with Crippen LogP contribution in [-0.4, -0.2) is 24.1 Å². The van der Waals surface area contributed by atoms with Gasteiger partial charge in [0.1, 0.15) is 17.2 Å². The van der Waals surface area contributed by atoms with Gasteiger partial charge in [-0.15, -0.1) is 0 Å². The summed E-state index contributed by atoms with van der Waals surface area (Å²) in [5.41, 5.74) is 2.05. The molecule has 1 heterocycles. The Labute approximate surface area is 150 Å². The lowest BCUT2D eigenvalue weighted by Crippen LogP contribution is -2.04. The SMILES string of the molecule is COc1ccc(C(C)=C(c2ccc3ccccc3n2)[N+](=O)[O-])c(OC)c1. The Kier molecular flexibility index (Phi) is 4.84. The molecule has 0 fully saturated rings. The monoisotopic (exact) mass is 350 g/mol. The number of benzene rings is 2. The van der Waals surface area contributed by atoms with E-state index < -0.39 is 4.92 Å². The third kappa shape index (κ3) is 3.21. The second kappa shape index (κ2) is 7.23. The molecule has 1 aromatic heterocycles. The van der Waals surface area contributed by atoms with Crippen LogP contribution in [0, 0.1) is 10.1 Å². The number of nitrogens with zero attached hydrogens (tertiary/aromatic N) is 2. The summed E-state index contributed by atoms with van der Waals surface area (Å²) in [4.78, 5) is 15.9. The molecule has 26 heavy (non-hydrogen) atoms. The summed E-state index contributed by atoms with van der Waals surface area (Å²) in [6, 6.07) is 16.2. The highest BCUT2D eigenvalue weighted by Crippen LogP contribution is 2.34. The van der Waals surface area contributed by atoms with E-state index in [4.69, 9.17) is 9.47 Å². The molecular weight excluding hydrogens is 332 g/mol. The Morgan fingerprint density at radius 2 is 1.81 bits per heavy atom. The van der Waals surface area contributed by atoms with E-state index in [1.165, 1.54) is 7.11 Å². The van der Waals surface area contributed by atoms with E-state index >= 15 is 0 Å². The third-order valence-corrected chi connectivity index (χ3v) is 4.19. The van der Waals surface area contributed by atoms with Crippen LogP contribution >= 0.6 is 0 Å². The van der Waals surface area contributed by atoms with Gasteiger partial charge in [0.15, 0.2) is 0 Å². The first-order chi connectivity index (χ1) is 12.5. The number of rotatable bonds is 5. The number of aromatic nitrogens is 1. The Morgan fingerprint density at radius 1 is 1.04 bits per heavy atom. The number of allylic oxidation sites excluding steroid dienone is 1. The molecule has 0 radical (unpaired) electrons. The van der Waals surface area contributed by atoms with Crippen molar-refractivity contribution in [3.05, 3.63) is 76.0 Å². The van der Waals surface area contributed by atoms with Crippen LogP contribution in [0.15, 0.2) is 54.6 Å². The summed E-state index contributed by atoms with van der Waals surface area (Å²) in [6.45, 7) is 1.69. The van der Waals surface area contributed by atoms with Crippen LogP contribution < -0.4 is 9.47 Å². The fourth-order valence-corrected chi connectivity index (χ4v) is 2.86. The maximum atomic E-state index is 11.8. The number of hydrogen-bond donors (Lipinski definition) is 0. The number of pyridine rings is 1. The summed E-state index contributed by atoms with van der Waals surface area (Å²) >= 11 is 0. The highest BCUT2D eigenvalue weighted by atomic mass is 16.6. The van der Waals surface area contributed by atoms with Crippen molar-refractivity contribution in [3.8, 4) is 11.5 Å². The van der Waals surface area contributed by atoms with Gasteiger partial charge < -0.3 is 9.47 Å². The summed E-state index contributed by atoms with van der Waals surface area (Å²) < 4.78 is 10.6. The smallest absolute Gasteiger partial charge is 0.298 e. The first-order valence-corrected chi connectivity index (χ1v) is 7.99. The Morgan fingerprint density at radius 3 is 2.50 bits per heavy atom. The maximum absolute atomic E-state index is 11.8. The van der Waals surface area contributed by atoms with Crippen molar-refractivity contribution in [1.29, 1.82) is 0 Å². The standard InChI is InChI=1S/C20H18N2O4/c1-13(16-10-9-15(25-2)12-19(16)26-3)20(22(23)24)18-11-8-14-6-4-5-7-17(14)21-18/h4-12H,1-3H3. The molecule has 3 aromatic rings. The van der Waals surface area contributed by atoms with Crippen LogP contribution in [0.2, 0.25) is 0 Å². The molecule has 6 nitrogen and oxygen atoms in total. The number of para-hydroxylation sites is 1. The van der Waals surface area contributed by atoms with Crippen molar-refractivity contribution in [1.82, 2.24) is 4.98 Å². The topological polar surface area (TPSA) is 74.5 Å². The molecule has 0 aliphatic rings. The van der Waals surface area contributed by atoms with Crippen molar-refractivity contribution in [3.63, 3.8) is 0 Å². The van der Waals surface area contributed by atoms with Crippen molar-refractivity contribution in [2.45, 2.75) is 6.92 Å². The van der Waals surface area contributed by atoms with Gasteiger partial charge in [-0.2, -0.15) is 0 Å². The first-order valence-electron chi connectivity index (χ1n) is 7.99. The Bertz CT molecular complexity index is 1010. The predicted molar refractivity (Wildman–Crippen MR) is 101 cm³/mol. The summed E-state index contributed by atoms with van der Waals surface area (Å²) in [7, 11) is 3.07. The molecule has 0 aliphatic carbocycles. The Balaban J connectivity index is 2.21. The minimum Gasteiger partial charge on any atom is -0.497 e. The average Bonchev–Trinajstić information content (AvgIpc) is 2.67. The lowest BCUT2D eigenvalue weighted by atomic mass is 10.0. The second-order valence-corrected chi connectivity index (χ2v) is 5.69. The quantitative estimate of drug-likeness (QED) is 0.503. The molecular formula is C20H18N2O4. The van der Waals surface area contributed by atoms with Crippen LogP contribution in [0.1, 0.15) is 18.2 Å². The molecule has 0 saturated heterocycles. The van der Waals surface area contributed by atoms with E-state index in [1.807, 2.05) is 30.3 Å². The molecule has 0 N–H and O–H groups in total. The van der Waals surface area contributed by atoms with E-state index in [1.54, 1.807) is 38.3 Å². The van der Waals surface area contributed by atoms with Gasteiger partial charge in [0.25, 0.3) is 5.70 Å². The zero-order valence-electron chi connectivity index (χ0n) is 14.7. The van der Waals surface area contributed by atoms with Gasteiger partial charge in [0.2, 0.25) is 0 Å². The molecule has 0 aliphatic heterocycles. The minimum absolute atomic E-state index is 0.0563. The summed E-state index contributed by atoms with van der Waals surface area (Å²) in [6.07, 6.45) is 0. The van der Waals surface area contributed by atoms with Crippen LogP contribution in [0.3, 0.4) is 0 Å². The van der Waals surface area contributed by atoms with Crippen LogP contribution in [0.5, 0.6) is 11.5 Å². The molecule has 132 valence electrons. The number of fused-ring (bicyclic) bond motifs is 1. The summed E-state index contributed by atoms with van der Waals surface area (Å²) in [5.74, 6) is 1.12. The molecule has 0 unspecified atom stereocenters. The van der Waals surface area contributed by atoms with Crippen molar-refractivity contribution >= 4 is 22.2 Å². The summed E-state index contributed by atoms with van der Waals surface area (Å²) in [5, 5.41) is 12.7. The van der Waals surface area contributed by atoms with Crippen LogP contribution in [-0.2, 0) is 0 Å². The zero-order valence-corrected chi connectivity index (χ0v) is 14.7. The first kappa shape index (κ1) is 17.4. The lowest BCUT2D eigenvalue weighted by Gasteiger charge is -2.11. The molecule has 0 spiro atoms.